The maximum atomic E-state index is 12.7. The van der Waals surface area contributed by atoms with Gasteiger partial charge in [0.1, 0.15) is 5.82 Å². The van der Waals surface area contributed by atoms with Crippen LogP contribution in [0.4, 0.5) is 4.39 Å². The third kappa shape index (κ3) is 2.15. The number of benzene rings is 1. The highest BCUT2D eigenvalue weighted by Gasteiger charge is 2.04. The van der Waals surface area contributed by atoms with Gasteiger partial charge in [-0.2, -0.15) is 0 Å². The fourth-order valence-electron chi connectivity index (χ4n) is 0.892. The third-order valence-electron chi connectivity index (χ3n) is 1.49. The van der Waals surface area contributed by atoms with E-state index in [0.29, 0.717) is 0 Å². The fourth-order valence-corrected chi connectivity index (χ4v) is 1.76. The minimum atomic E-state index is -0.184. The molecule has 1 radical (unpaired) electrons. The molecule has 0 bridgehead atoms. The average molecular weight is 263 g/mol. The Balaban J connectivity index is 3.13. The van der Waals surface area contributed by atoms with Gasteiger partial charge in [-0.3, -0.25) is 0 Å². The van der Waals surface area contributed by atoms with E-state index < -0.39 is 0 Å². The predicted molar refractivity (Wildman–Crippen MR) is 52.9 cm³/mol. The van der Waals surface area contributed by atoms with E-state index in [1.807, 2.05) is 6.92 Å². The zero-order valence-corrected chi connectivity index (χ0v) is 8.43. The van der Waals surface area contributed by atoms with Crippen molar-refractivity contribution in [3.8, 4) is 0 Å². The second-order valence-electron chi connectivity index (χ2n) is 2.57. The number of hydrogen-bond acceptors (Lipinski definition) is 0. The molecule has 0 fully saturated rings. The highest BCUT2D eigenvalue weighted by Crippen LogP contribution is 2.21. The molecule has 11 heavy (non-hydrogen) atoms. The summed E-state index contributed by atoms with van der Waals surface area (Å²) in [6.07, 6.45) is 0. The van der Waals surface area contributed by atoms with Gasteiger partial charge < -0.3 is 0 Å². The molecule has 59 valence electrons. The van der Waals surface area contributed by atoms with Gasteiger partial charge in [-0.1, -0.05) is 6.92 Å². The Morgan fingerprint density at radius 3 is 2.64 bits per heavy atom. The number of halogens is 2. The van der Waals surface area contributed by atoms with Crippen molar-refractivity contribution in [3.63, 3.8) is 0 Å². The molecular weight excluding hydrogens is 254 g/mol. The Morgan fingerprint density at radius 1 is 1.55 bits per heavy atom. The summed E-state index contributed by atoms with van der Waals surface area (Å²) in [7, 11) is 0. The molecule has 0 aliphatic carbocycles. The first kappa shape index (κ1) is 8.97. The van der Waals surface area contributed by atoms with Crippen LogP contribution in [0.3, 0.4) is 0 Å². The lowest BCUT2D eigenvalue weighted by Crippen LogP contribution is -1.92. The molecule has 0 heterocycles. The van der Waals surface area contributed by atoms with E-state index in [2.05, 4.69) is 29.5 Å². The molecule has 0 aromatic heterocycles. The maximum Gasteiger partial charge on any atom is 0.123 e. The van der Waals surface area contributed by atoms with Crippen molar-refractivity contribution in [1.82, 2.24) is 0 Å². The topological polar surface area (TPSA) is 0 Å². The van der Waals surface area contributed by atoms with Gasteiger partial charge in [-0.05, 0) is 59.2 Å². The van der Waals surface area contributed by atoms with Crippen LogP contribution >= 0.6 is 22.6 Å². The molecule has 0 amide bonds. The van der Waals surface area contributed by atoms with Gasteiger partial charge in [0.15, 0.2) is 0 Å². The molecule has 0 N–H and O–H groups in total. The first-order chi connectivity index (χ1) is 5.11. The Hall–Kier alpha value is -0.120. The molecule has 0 aliphatic heterocycles. The quantitative estimate of drug-likeness (QED) is 0.681. The van der Waals surface area contributed by atoms with Crippen molar-refractivity contribution >= 4 is 22.6 Å². The second kappa shape index (κ2) is 3.52. The van der Waals surface area contributed by atoms with Crippen LogP contribution in [0.1, 0.15) is 18.4 Å². The Morgan fingerprint density at radius 2 is 2.18 bits per heavy atom. The van der Waals surface area contributed by atoms with Crippen molar-refractivity contribution in [2.24, 2.45) is 0 Å². The SMILES string of the molecule is [CH2]C(C)c1cc(F)ccc1I. The Kier molecular flexibility index (Phi) is 2.87. The van der Waals surface area contributed by atoms with Gasteiger partial charge in [0.05, 0.1) is 0 Å². The normalized spacial score (nSPS) is 10.6. The van der Waals surface area contributed by atoms with Gasteiger partial charge in [0, 0.05) is 3.57 Å². The summed E-state index contributed by atoms with van der Waals surface area (Å²) < 4.78 is 13.8. The van der Waals surface area contributed by atoms with E-state index in [0.717, 1.165) is 9.13 Å². The number of rotatable bonds is 1. The third-order valence-corrected chi connectivity index (χ3v) is 2.47. The second-order valence-corrected chi connectivity index (χ2v) is 3.73. The van der Waals surface area contributed by atoms with Crippen molar-refractivity contribution in [2.75, 3.05) is 0 Å². The zero-order valence-electron chi connectivity index (χ0n) is 6.27. The van der Waals surface area contributed by atoms with Crippen LogP contribution in [-0.4, -0.2) is 0 Å². The highest BCUT2D eigenvalue weighted by atomic mass is 127. The molecule has 0 nitrogen and oxygen atoms in total. The molecule has 0 spiro atoms. The molecule has 1 aromatic rings. The summed E-state index contributed by atoms with van der Waals surface area (Å²) in [5, 5.41) is 0. The van der Waals surface area contributed by atoms with Crippen LogP contribution < -0.4 is 0 Å². The predicted octanol–water partition coefficient (Wildman–Crippen LogP) is 3.37. The number of hydrogen-bond donors (Lipinski definition) is 0. The monoisotopic (exact) mass is 263 g/mol. The molecule has 0 aliphatic rings. The van der Waals surface area contributed by atoms with E-state index in [1.165, 1.54) is 6.07 Å². The first-order valence-electron chi connectivity index (χ1n) is 3.39. The zero-order chi connectivity index (χ0) is 8.43. The van der Waals surface area contributed by atoms with Crippen molar-refractivity contribution in [1.29, 1.82) is 0 Å². The molecular formula is C9H9FI. The van der Waals surface area contributed by atoms with Gasteiger partial charge in [0.25, 0.3) is 0 Å². The molecule has 0 saturated carbocycles. The highest BCUT2D eigenvalue weighted by molar-refractivity contribution is 14.1. The van der Waals surface area contributed by atoms with Crippen molar-refractivity contribution in [3.05, 3.63) is 40.1 Å². The summed E-state index contributed by atoms with van der Waals surface area (Å²) in [6, 6.07) is 4.78. The van der Waals surface area contributed by atoms with E-state index in [-0.39, 0.29) is 11.7 Å². The Labute approximate surface area is 80.0 Å². The summed E-state index contributed by atoms with van der Waals surface area (Å²) in [5.41, 5.74) is 0.977. The van der Waals surface area contributed by atoms with Gasteiger partial charge in [0.2, 0.25) is 0 Å². The van der Waals surface area contributed by atoms with Crippen molar-refractivity contribution < 1.29 is 4.39 Å². The smallest absolute Gasteiger partial charge is 0.123 e. The lowest BCUT2D eigenvalue weighted by Gasteiger charge is -2.06. The molecule has 0 saturated heterocycles. The van der Waals surface area contributed by atoms with E-state index in [1.54, 1.807) is 12.1 Å². The summed E-state index contributed by atoms with van der Waals surface area (Å²) in [6.45, 7) is 5.79. The minimum Gasteiger partial charge on any atom is -0.207 e. The van der Waals surface area contributed by atoms with Crippen LogP contribution in [0.25, 0.3) is 0 Å². The summed E-state index contributed by atoms with van der Waals surface area (Å²) >= 11 is 2.19. The average Bonchev–Trinajstić information content (AvgIpc) is 1.94. The summed E-state index contributed by atoms with van der Waals surface area (Å²) in [5.74, 6) is -0.0338. The standard InChI is InChI=1S/C9H9FI/c1-6(2)8-5-7(10)3-4-9(8)11/h3-6H,1H2,2H3. The van der Waals surface area contributed by atoms with Gasteiger partial charge >= 0.3 is 0 Å². The maximum absolute atomic E-state index is 12.7. The fraction of sp³-hybridized carbons (Fsp3) is 0.222. The van der Waals surface area contributed by atoms with Crippen LogP contribution in [-0.2, 0) is 0 Å². The van der Waals surface area contributed by atoms with Crippen LogP contribution in [0.5, 0.6) is 0 Å². The lowest BCUT2D eigenvalue weighted by molar-refractivity contribution is 0.624. The molecule has 1 unspecified atom stereocenters. The Bertz CT molecular complexity index is 256. The lowest BCUT2D eigenvalue weighted by atomic mass is 10.0. The van der Waals surface area contributed by atoms with Crippen LogP contribution in [0.15, 0.2) is 18.2 Å². The molecule has 2 heteroatoms. The van der Waals surface area contributed by atoms with E-state index in [9.17, 15) is 4.39 Å². The molecule has 1 rings (SSSR count). The van der Waals surface area contributed by atoms with Crippen LogP contribution in [0, 0.1) is 16.3 Å². The first-order valence-corrected chi connectivity index (χ1v) is 4.47. The molecule has 1 aromatic carbocycles. The van der Waals surface area contributed by atoms with Crippen LogP contribution in [0.2, 0.25) is 0 Å². The van der Waals surface area contributed by atoms with E-state index >= 15 is 0 Å². The van der Waals surface area contributed by atoms with Gasteiger partial charge in [-0.15, -0.1) is 0 Å². The largest absolute Gasteiger partial charge is 0.207 e. The van der Waals surface area contributed by atoms with Crippen molar-refractivity contribution in [2.45, 2.75) is 12.8 Å². The summed E-state index contributed by atoms with van der Waals surface area (Å²) in [4.78, 5) is 0. The molecule has 1 atom stereocenters. The van der Waals surface area contributed by atoms with E-state index in [4.69, 9.17) is 0 Å². The van der Waals surface area contributed by atoms with Gasteiger partial charge in [-0.25, -0.2) is 4.39 Å². The minimum absolute atomic E-state index is 0.151.